The number of rotatable bonds is 3. The van der Waals surface area contributed by atoms with Gasteiger partial charge in [0.2, 0.25) is 0 Å². The van der Waals surface area contributed by atoms with Crippen LogP contribution >= 0.6 is 0 Å². The average Bonchev–Trinajstić information content (AvgIpc) is 2.26. The van der Waals surface area contributed by atoms with E-state index in [2.05, 4.69) is 0 Å². The Morgan fingerprint density at radius 2 is 2.19 bits per heavy atom. The SMILES string of the molecule is Cc1cc(C#N)c(C=O)c(C(O)C(=O)O)c1. The first-order valence-electron chi connectivity index (χ1n) is 4.42. The number of carbonyl (C=O) groups is 2. The first-order chi connectivity index (χ1) is 7.51. The van der Waals surface area contributed by atoms with Crippen molar-refractivity contribution in [3.8, 4) is 6.07 Å². The largest absolute Gasteiger partial charge is 0.479 e. The summed E-state index contributed by atoms with van der Waals surface area (Å²) in [6.45, 7) is 1.65. The number of nitriles is 1. The number of hydrogen-bond donors (Lipinski definition) is 2. The van der Waals surface area contributed by atoms with Gasteiger partial charge in [-0.1, -0.05) is 6.07 Å². The van der Waals surface area contributed by atoms with Crippen molar-refractivity contribution in [1.29, 1.82) is 5.26 Å². The number of carboxylic acids is 1. The highest BCUT2D eigenvalue weighted by Crippen LogP contribution is 2.22. The van der Waals surface area contributed by atoms with E-state index in [4.69, 9.17) is 10.4 Å². The van der Waals surface area contributed by atoms with Crippen molar-refractivity contribution in [3.05, 3.63) is 34.4 Å². The van der Waals surface area contributed by atoms with E-state index in [0.717, 1.165) is 0 Å². The fourth-order valence-electron chi connectivity index (χ4n) is 1.41. The lowest BCUT2D eigenvalue weighted by Gasteiger charge is -2.10. The van der Waals surface area contributed by atoms with Crippen LogP contribution in [-0.2, 0) is 4.79 Å². The van der Waals surface area contributed by atoms with Gasteiger partial charge in [0.25, 0.3) is 0 Å². The van der Waals surface area contributed by atoms with Crippen molar-refractivity contribution < 1.29 is 19.8 Å². The first kappa shape index (κ1) is 11.9. The highest BCUT2D eigenvalue weighted by atomic mass is 16.4. The molecule has 1 unspecified atom stereocenters. The lowest BCUT2D eigenvalue weighted by Crippen LogP contribution is -2.13. The summed E-state index contributed by atoms with van der Waals surface area (Å²) in [5, 5.41) is 26.8. The molecule has 2 N–H and O–H groups in total. The molecule has 0 aliphatic heterocycles. The number of nitrogens with zero attached hydrogens (tertiary/aromatic N) is 1. The van der Waals surface area contributed by atoms with E-state index < -0.39 is 12.1 Å². The molecule has 16 heavy (non-hydrogen) atoms. The van der Waals surface area contributed by atoms with Gasteiger partial charge in [-0.05, 0) is 18.6 Å². The molecule has 1 aromatic carbocycles. The number of aliphatic hydroxyl groups is 1. The summed E-state index contributed by atoms with van der Waals surface area (Å²) < 4.78 is 0. The van der Waals surface area contributed by atoms with Gasteiger partial charge in [-0.3, -0.25) is 4.79 Å². The van der Waals surface area contributed by atoms with Gasteiger partial charge in [-0.25, -0.2) is 4.79 Å². The minimum Gasteiger partial charge on any atom is -0.479 e. The van der Waals surface area contributed by atoms with Gasteiger partial charge < -0.3 is 10.2 Å². The molecular formula is C11H9NO4. The van der Waals surface area contributed by atoms with Gasteiger partial charge >= 0.3 is 5.97 Å². The summed E-state index contributed by atoms with van der Waals surface area (Å²) in [7, 11) is 0. The number of carbonyl (C=O) groups excluding carboxylic acids is 1. The standard InChI is InChI=1S/C11H9NO4/c1-6-2-7(4-12)9(5-13)8(3-6)10(14)11(15)16/h2-3,5,10,14H,1H3,(H,15,16). The number of hydrogen-bond acceptors (Lipinski definition) is 4. The maximum absolute atomic E-state index is 10.8. The van der Waals surface area contributed by atoms with Crippen molar-refractivity contribution in [3.63, 3.8) is 0 Å². The van der Waals surface area contributed by atoms with Crippen LogP contribution in [0.2, 0.25) is 0 Å². The van der Waals surface area contributed by atoms with Gasteiger partial charge in [0.05, 0.1) is 11.6 Å². The van der Waals surface area contributed by atoms with Crippen molar-refractivity contribution in [2.45, 2.75) is 13.0 Å². The van der Waals surface area contributed by atoms with Crippen LogP contribution in [-0.4, -0.2) is 22.5 Å². The van der Waals surface area contributed by atoms with Crippen LogP contribution in [0.3, 0.4) is 0 Å². The molecule has 0 aromatic heterocycles. The topological polar surface area (TPSA) is 98.4 Å². The van der Waals surface area contributed by atoms with Crippen LogP contribution < -0.4 is 0 Å². The predicted molar refractivity (Wildman–Crippen MR) is 53.9 cm³/mol. The quantitative estimate of drug-likeness (QED) is 0.732. The molecule has 1 atom stereocenters. The minimum atomic E-state index is -1.80. The van der Waals surface area contributed by atoms with Crippen LogP contribution in [0.25, 0.3) is 0 Å². The molecule has 0 fully saturated rings. The van der Waals surface area contributed by atoms with Gasteiger partial charge in [-0.15, -0.1) is 0 Å². The first-order valence-corrected chi connectivity index (χ1v) is 4.42. The van der Waals surface area contributed by atoms with Crippen molar-refractivity contribution in [1.82, 2.24) is 0 Å². The zero-order chi connectivity index (χ0) is 12.3. The second-order valence-electron chi connectivity index (χ2n) is 3.29. The monoisotopic (exact) mass is 219 g/mol. The molecule has 0 spiro atoms. The number of benzene rings is 1. The maximum Gasteiger partial charge on any atom is 0.337 e. The van der Waals surface area contributed by atoms with E-state index in [-0.39, 0.29) is 16.7 Å². The van der Waals surface area contributed by atoms with E-state index in [0.29, 0.717) is 11.8 Å². The zero-order valence-corrected chi connectivity index (χ0v) is 8.47. The average molecular weight is 219 g/mol. The Morgan fingerprint density at radius 3 is 2.62 bits per heavy atom. The minimum absolute atomic E-state index is 0.0564. The Balaban J connectivity index is 3.49. The van der Waals surface area contributed by atoms with Crippen molar-refractivity contribution >= 4 is 12.3 Å². The lowest BCUT2D eigenvalue weighted by molar-refractivity contribution is -0.146. The van der Waals surface area contributed by atoms with Crippen LogP contribution in [0.1, 0.15) is 33.2 Å². The molecule has 0 saturated carbocycles. The van der Waals surface area contributed by atoms with E-state index in [9.17, 15) is 14.7 Å². The molecular weight excluding hydrogens is 210 g/mol. The number of aliphatic carboxylic acids is 1. The molecule has 0 aliphatic rings. The van der Waals surface area contributed by atoms with E-state index >= 15 is 0 Å². The Kier molecular flexibility index (Phi) is 3.38. The Morgan fingerprint density at radius 1 is 1.56 bits per heavy atom. The molecule has 0 aliphatic carbocycles. The van der Waals surface area contributed by atoms with Crippen LogP contribution in [0, 0.1) is 18.3 Å². The second kappa shape index (κ2) is 4.55. The maximum atomic E-state index is 10.8. The molecule has 5 heteroatoms. The third-order valence-corrected chi connectivity index (χ3v) is 2.12. The summed E-state index contributed by atoms with van der Waals surface area (Å²) in [6.07, 6.45) is -1.42. The molecule has 0 amide bonds. The molecule has 0 heterocycles. The normalized spacial score (nSPS) is 11.6. The number of aliphatic hydroxyl groups excluding tert-OH is 1. The molecule has 0 bridgehead atoms. The molecule has 1 aromatic rings. The second-order valence-corrected chi connectivity index (χ2v) is 3.29. The van der Waals surface area contributed by atoms with Crippen molar-refractivity contribution in [2.24, 2.45) is 0 Å². The van der Waals surface area contributed by atoms with Crippen molar-refractivity contribution in [2.75, 3.05) is 0 Å². The molecule has 0 radical (unpaired) electrons. The van der Waals surface area contributed by atoms with E-state index in [1.165, 1.54) is 12.1 Å². The Bertz CT molecular complexity index is 487. The van der Waals surface area contributed by atoms with Gasteiger partial charge in [0.1, 0.15) is 0 Å². The molecule has 0 saturated heterocycles. The summed E-state index contributed by atoms with van der Waals surface area (Å²) >= 11 is 0. The third-order valence-electron chi connectivity index (χ3n) is 2.12. The number of carboxylic acid groups (broad SMARTS) is 1. The predicted octanol–water partition coefficient (Wildman–Crippen LogP) is 0.797. The summed E-state index contributed by atoms with van der Waals surface area (Å²) in [5.74, 6) is -1.46. The highest BCUT2D eigenvalue weighted by molar-refractivity contribution is 5.86. The summed E-state index contributed by atoms with van der Waals surface area (Å²) in [5.41, 5.74) is 0.532. The summed E-state index contributed by atoms with van der Waals surface area (Å²) in [4.78, 5) is 21.4. The lowest BCUT2D eigenvalue weighted by atomic mass is 9.96. The Labute approximate surface area is 91.6 Å². The van der Waals surface area contributed by atoms with Gasteiger partial charge in [-0.2, -0.15) is 5.26 Å². The fourth-order valence-corrected chi connectivity index (χ4v) is 1.41. The fraction of sp³-hybridized carbons (Fsp3) is 0.182. The van der Waals surface area contributed by atoms with Gasteiger partial charge in [0.15, 0.2) is 12.4 Å². The smallest absolute Gasteiger partial charge is 0.337 e. The van der Waals surface area contributed by atoms with Crippen LogP contribution in [0.4, 0.5) is 0 Å². The van der Waals surface area contributed by atoms with E-state index in [1.54, 1.807) is 13.0 Å². The molecule has 1 rings (SSSR count). The molecule has 82 valence electrons. The zero-order valence-electron chi connectivity index (χ0n) is 8.47. The van der Waals surface area contributed by atoms with Gasteiger partial charge in [0, 0.05) is 11.1 Å². The van der Waals surface area contributed by atoms with Crippen LogP contribution in [0.15, 0.2) is 12.1 Å². The number of aldehydes is 1. The summed E-state index contributed by atoms with van der Waals surface area (Å²) in [6, 6.07) is 4.62. The molecule has 5 nitrogen and oxygen atoms in total. The third kappa shape index (κ3) is 2.07. The number of aryl methyl sites for hydroxylation is 1. The highest BCUT2D eigenvalue weighted by Gasteiger charge is 2.21. The Hall–Kier alpha value is -2.19. The van der Waals surface area contributed by atoms with Crippen LogP contribution in [0.5, 0.6) is 0 Å². The van der Waals surface area contributed by atoms with E-state index in [1.807, 2.05) is 0 Å².